The molecule has 8 heteroatoms. The molecule has 2 heterocycles. The summed E-state index contributed by atoms with van der Waals surface area (Å²) in [6, 6.07) is 7.91. The highest BCUT2D eigenvalue weighted by atomic mass is 35.5. The van der Waals surface area contributed by atoms with Crippen molar-refractivity contribution in [3.8, 4) is 0 Å². The Kier molecular flexibility index (Phi) is 4.14. The number of Topliss-reactive ketones (excluding diaryl/α,β-unsaturated/α-hetero) is 1. The molecule has 0 bridgehead atoms. The van der Waals surface area contributed by atoms with E-state index in [0.29, 0.717) is 27.4 Å². The molecule has 26 heavy (non-hydrogen) atoms. The van der Waals surface area contributed by atoms with E-state index in [9.17, 15) is 15.0 Å². The molecule has 4 atom stereocenters. The molecule has 4 N–H and O–H groups in total. The van der Waals surface area contributed by atoms with E-state index in [1.165, 1.54) is 6.33 Å². The number of benzene rings is 1. The van der Waals surface area contributed by atoms with Crippen molar-refractivity contribution in [1.29, 1.82) is 0 Å². The van der Waals surface area contributed by atoms with Gasteiger partial charge in [-0.15, -0.1) is 0 Å². The fraction of sp³-hybridized carbons (Fsp3) is 0.278. The maximum absolute atomic E-state index is 12.6. The number of hydrogen-bond donors (Lipinski definition) is 3. The van der Waals surface area contributed by atoms with Crippen molar-refractivity contribution in [2.75, 3.05) is 5.73 Å². The molecule has 1 saturated carbocycles. The topological polar surface area (TPSA) is 114 Å². The van der Waals surface area contributed by atoms with Gasteiger partial charge in [0.25, 0.3) is 0 Å². The number of anilines is 1. The second kappa shape index (κ2) is 6.35. The lowest BCUT2D eigenvalue weighted by molar-refractivity contribution is -0.131. The first-order valence-electron chi connectivity index (χ1n) is 8.19. The Hall–Kier alpha value is -2.48. The van der Waals surface area contributed by atoms with Crippen molar-refractivity contribution < 1.29 is 15.0 Å². The maximum Gasteiger partial charge on any atom is 0.169 e. The van der Waals surface area contributed by atoms with E-state index in [1.54, 1.807) is 41.1 Å². The van der Waals surface area contributed by atoms with Crippen molar-refractivity contribution in [3.05, 3.63) is 53.4 Å². The number of aromatic nitrogens is 3. The molecule has 3 aromatic rings. The van der Waals surface area contributed by atoms with Crippen LogP contribution in [0.5, 0.6) is 0 Å². The average Bonchev–Trinajstić information content (AvgIpc) is 3.18. The predicted molar refractivity (Wildman–Crippen MR) is 96.5 cm³/mol. The highest BCUT2D eigenvalue weighted by molar-refractivity contribution is 6.30. The Balaban J connectivity index is 1.66. The third-order valence-electron chi connectivity index (χ3n) is 5.01. The van der Waals surface area contributed by atoms with Crippen molar-refractivity contribution >= 4 is 34.2 Å². The van der Waals surface area contributed by atoms with E-state index in [-0.39, 0.29) is 12.2 Å². The molecule has 1 fully saturated rings. The van der Waals surface area contributed by atoms with E-state index < -0.39 is 24.2 Å². The van der Waals surface area contributed by atoms with Crippen molar-refractivity contribution in [2.45, 2.75) is 24.7 Å². The summed E-state index contributed by atoms with van der Waals surface area (Å²) in [6.45, 7) is 0. The number of halogens is 1. The van der Waals surface area contributed by atoms with Gasteiger partial charge in [0.05, 0.1) is 23.4 Å². The fourth-order valence-electron chi connectivity index (χ4n) is 3.61. The summed E-state index contributed by atoms with van der Waals surface area (Å²) in [4.78, 5) is 20.7. The molecule has 134 valence electrons. The van der Waals surface area contributed by atoms with Crippen LogP contribution in [0.1, 0.15) is 24.1 Å². The van der Waals surface area contributed by atoms with Gasteiger partial charge in [0.2, 0.25) is 0 Å². The minimum atomic E-state index is -1.23. The quantitative estimate of drug-likeness (QED) is 0.646. The molecular formula is C18H17ClN4O3. The summed E-state index contributed by atoms with van der Waals surface area (Å²) in [7, 11) is 0. The summed E-state index contributed by atoms with van der Waals surface area (Å²) < 4.78 is 1.73. The second-order valence-corrected chi connectivity index (χ2v) is 6.91. The Morgan fingerprint density at radius 1 is 1.23 bits per heavy atom. The van der Waals surface area contributed by atoms with Crippen LogP contribution in [0.2, 0.25) is 5.02 Å². The maximum atomic E-state index is 12.6. The lowest BCUT2D eigenvalue weighted by Crippen LogP contribution is -2.26. The third-order valence-corrected chi connectivity index (χ3v) is 5.26. The molecule has 7 nitrogen and oxygen atoms in total. The summed E-state index contributed by atoms with van der Waals surface area (Å²) in [5.41, 5.74) is 6.99. The number of carbonyl (C=O) groups is 1. The van der Waals surface area contributed by atoms with Crippen molar-refractivity contribution in [3.63, 3.8) is 0 Å². The van der Waals surface area contributed by atoms with Crippen molar-refractivity contribution in [2.24, 2.45) is 5.92 Å². The summed E-state index contributed by atoms with van der Waals surface area (Å²) in [5.74, 6) is -0.764. The predicted octanol–water partition coefficient (Wildman–Crippen LogP) is 1.89. The van der Waals surface area contributed by atoms with Gasteiger partial charge in [-0.1, -0.05) is 23.7 Å². The van der Waals surface area contributed by atoms with Crippen LogP contribution in [0.4, 0.5) is 5.82 Å². The number of fused-ring (bicyclic) bond motifs is 1. The molecule has 0 spiro atoms. The Bertz CT molecular complexity index is 972. The minimum Gasteiger partial charge on any atom is -0.388 e. The largest absolute Gasteiger partial charge is 0.388 e. The highest BCUT2D eigenvalue weighted by Crippen LogP contribution is 2.41. The number of carbonyl (C=O) groups excluding carboxylic acids is 1. The zero-order valence-corrected chi connectivity index (χ0v) is 14.4. The van der Waals surface area contributed by atoms with E-state index in [1.807, 2.05) is 0 Å². The normalized spacial score (nSPS) is 24.3. The number of nitrogens with two attached hydrogens (primary N) is 1. The molecule has 0 aliphatic heterocycles. The molecule has 0 amide bonds. The van der Waals surface area contributed by atoms with Crippen LogP contribution >= 0.6 is 11.6 Å². The minimum absolute atomic E-state index is 0.289. The number of aliphatic hydroxyl groups is 2. The van der Waals surface area contributed by atoms with Gasteiger partial charge in [0.15, 0.2) is 5.78 Å². The first kappa shape index (κ1) is 17.0. The molecule has 4 rings (SSSR count). The molecular weight excluding hydrogens is 356 g/mol. The summed E-state index contributed by atoms with van der Waals surface area (Å²) in [6.07, 6.45) is 1.12. The molecule has 1 aliphatic rings. The SMILES string of the molecule is Nc1ncnc2c1ccn2[C@@H]1C[C@H]([C@H](O)c2ccc(Cl)cc2)C(=O)[C@H]1O. The second-order valence-electron chi connectivity index (χ2n) is 6.47. The van der Waals surface area contributed by atoms with Crippen molar-refractivity contribution in [1.82, 2.24) is 14.5 Å². The lowest BCUT2D eigenvalue weighted by Gasteiger charge is -2.18. The average molecular weight is 373 g/mol. The van der Waals surface area contributed by atoms with Gasteiger partial charge in [-0.3, -0.25) is 4.79 Å². The summed E-state index contributed by atoms with van der Waals surface area (Å²) >= 11 is 5.87. The zero-order chi connectivity index (χ0) is 18.4. The number of aliphatic hydroxyl groups excluding tert-OH is 2. The van der Waals surface area contributed by atoms with E-state index in [4.69, 9.17) is 17.3 Å². The van der Waals surface area contributed by atoms with Crippen LogP contribution in [0.15, 0.2) is 42.9 Å². The lowest BCUT2D eigenvalue weighted by atomic mass is 9.93. The zero-order valence-electron chi connectivity index (χ0n) is 13.7. The van der Waals surface area contributed by atoms with E-state index >= 15 is 0 Å². The molecule has 1 aromatic carbocycles. The van der Waals surface area contributed by atoms with Gasteiger partial charge in [-0.25, -0.2) is 9.97 Å². The van der Waals surface area contributed by atoms with Gasteiger partial charge in [0, 0.05) is 11.2 Å². The van der Waals surface area contributed by atoms with Crippen LogP contribution in [-0.4, -0.2) is 36.6 Å². The molecule has 0 unspecified atom stereocenters. The standard InChI is InChI=1S/C18H17ClN4O3/c19-10-3-1-9(2-4-10)14(24)12-7-13(16(26)15(12)25)23-6-5-11-17(20)21-8-22-18(11)23/h1-6,8,12-14,16,24,26H,7H2,(H2,20,21,22)/t12-,13-,14-,16+/m1/s1. The molecule has 2 aromatic heterocycles. The number of nitrogens with zero attached hydrogens (tertiary/aromatic N) is 3. The smallest absolute Gasteiger partial charge is 0.169 e. The van der Waals surface area contributed by atoms with Gasteiger partial charge >= 0.3 is 0 Å². The Morgan fingerprint density at radius 3 is 2.69 bits per heavy atom. The van der Waals surface area contributed by atoms with E-state index in [2.05, 4.69) is 9.97 Å². The van der Waals surface area contributed by atoms with Crippen LogP contribution in [-0.2, 0) is 4.79 Å². The number of rotatable bonds is 3. The first-order chi connectivity index (χ1) is 12.5. The molecule has 0 saturated heterocycles. The number of hydrogen-bond acceptors (Lipinski definition) is 6. The van der Waals surface area contributed by atoms with Gasteiger partial charge < -0.3 is 20.5 Å². The molecule has 1 aliphatic carbocycles. The highest BCUT2D eigenvalue weighted by Gasteiger charge is 2.46. The summed E-state index contributed by atoms with van der Waals surface area (Å²) in [5, 5.41) is 22.3. The van der Waals surface area contributed by atoms with Crippen LogP contribution in [0.3, 0.4) is 0 Å². The third kappa shape index (κ3) is 2.65. The number of nitrogen functional groups attached to an aromatic ring is 1. The van der Waals surface area contributed by atoms with Crippen LogP contribution < -0.4 is 5.73 Å². The Morgan fingerprint density at radius 2 is 1.96 bits per heavy atom. The van der Waals surface area contributed by atoms with Gasteiger partial charge in [-0.05, 0) is 30.2 Å². The van der Waals surface area contributed by atoms with Crippen LogP contribution in [0.25, 0.3) is 11.0 Å². The Labute approximate surface area is 154 Å². The monoisotopic (exact) mass is 372 g/mol. The van der Waals surface area contributed by atoms with Gasteiger partial charge in [-0.2, -0.15) is 0 Å². The van der Waals surface area contributed by atoms with E-state index in [0.717, 1.165) is 0 Å². The van der Waals surface area contributed by atoms with Gasteiger partial charge in [0.1, 0.15) is 23.9 Å². The van der Waals surface area contributed by atoms with Crippen LogP contribution in [0, 0.1) is 5.92 Å². The molecule has 0 radical (unpaired) electrons. The number of ketones is 1. The fourth-order valence-corrected chi connectivity index (χ4v) is 3.74. The first-order valence-corrected chi connectivity index (χ1v) is 8.57.